The zero-order valence-corrected chi connectivity index (χ0v) is 17.8. The summed E-state index contributed by atoms with van der Waals surface area (Å²) in [6, 6.07) is 11.9. The Morgan fingerprint density at radius 1 is 1.17 bits per heavy atom. The lowest BCUT2D eigenvalue weighted by molar-refractivity contribution is -0.134. The number of hydrogen-bond acceptors (Lipinski definition) is 5. The lowest BCUT2D eigenvalue weighted by Gasteiger charge is -2.22. The van der Waals surface area contributed by atoms with E-state index in [1.54, 1.807) is 55.5 Å². The van der Waals surface area contributed by atoms with Crippen molar-refractivity contribution in [1.29, 1.82) is 0 Å². The highest BCUT2D eigenvalue weighted by Crippen LogP contribution is 2.30. The number of ether oxygens (including phenoxy) is 1. The fourth-order valence-electron chi connectivity index (χ4n) is 2.98. The van der Waals surface area contributed by atoms with Crippen LogP contribution in [0.25, 0.3) is 0 Å². The second kappa shape index (κ2) is 8.54. The summed E-state index contributed by atoms with van der Waals surface area (Å²) in [4.78, 5) is 50.2. The third-order valence-electron chi connectivity index (χ3n) is 4.58. The minimum absolute atomic E-state index is 0.443. The monoisotopic (exact) mass is 474 g/mol. The van der Waals surface area contributed by atoms with Crippen molar-refractivity contribution in [2.24, 2.45) is 0 Å². The van der Waals surface area contributed by atoms with Gasteiger partial charge in [-0.2, -0.15) is 0 Å². The molecule has 30 heavy (non-hydrogen) atoms. The van der Waals surface area contributed by atoms with Gasteiger partial charge >= 0.3 is 12.1 Å². The van der Waals surface area contributed by atoms with E-state index in [0.717, 1.165) is 9.37 Å². The van der Waals surface area contributed by atoms with Gasteiger partial charge in [0.1, 0.15) is 17.8 Å². The molecule has 10 heteroatoms. The summed E-state index contributed by atoms with van der Waals surface area (Å²) < 4.78 is 5.77. The molecule has 2 aromatic rings. The van der Waals surface area contributed by atoms with Gasteiger partial charge in [0.2, 0.25) is 5.91 Å². The average molecular weight is 475 g/mol. The van der Waals surface area contributed by atoms with Gasteiger partial charge in [0.15, 0.2) is 0 Å². The number of carbonyl (C=O) groups is 4. The highest BCUT2D eigenvalue weighted by Gasteiger charge is 2.49. The van der Waals surface area contributed by atoms with E-state index in [1.165, 1.54) is 7.11 Å². The number of hydrogen-bond donors (Lipinski definition) is 3. The summed E-state index contributed by atoms with van der Waals surface area (Å²) >= 11 is 3.33. The van der Waals surface area contributed by atoms with E-state index in [9.17, 15) is 19.2 Å². The molecular formula is C20H19BrN4O5. The number of methoxy groups -OCH3 is 1. The highest BCUT2D eigenvalue weighted by molar-refractivity contribution is 9.10. The van der Waals surface area contributed by atoms with Gasteiger partial charge in [0, 0.05) is 10.2 Å². The first-order valence-electron chi connectivity index (χ1n) is 8.88. The Labute approximate surface area is 180 Å². The summed E-state index contributed by atoms with van der Waals surface area (Å²) in [6.07, 6.45) is 0. The minimum atomic E-state index is -1.31. The Morgan fingerprint density at radius 3 is 2.50 bits per heavy atom. The summed E-state index contributed by atoms with van der Waals surface area (Å²) in [5.74, 6) is -0.775. The van der Waals surface area contributed by atoms with Crippen LogP contribution in [0.1, 0.15) is 12.5 Å². The van der Waals surface area contributed by atoms with Crippen molar-refractivity contribution >= 4 is 45.5 Å². The van der Waals surface area contributed by atoms with E-state index in [-0.39, 0.29) is 0 Å². The third kappa shape index (κ3) is 4.43. The number of anilines is 1. The predicted molar refractivity (Wildman–Crippen MR) is 112 cm³/mol. The van der Waals surface area contributed by atoms with Gasteiger partial charge in [0.05, 0.1) is 7.11 Å². The molecule has 1 aliphatic rings. The molecule has 0 aromatic heterocycles. The summed E-state index contributed by atoms with van der Waals surface area (Å²) in [5.41, 5.74) is -0.305. The number of halogens is 1. The molecular weight excluding hydrogens is 456 g/mol. The van der Waals surface area contributed by atoms with Crippen LogP contribution < -0.4 is 20.7 Å². The molecule has 3 rings (SSSR count). The van der Waals surface area contributed by atoms with Gasteiger partial charge in [0.25, 0.3) is 5.91 Å². The molecule has 1 unspecified atom stereocenters. The maximum Gasteiger partial charge on any atom is 0.325 e. The van der Waals surface area contributed by atoms with Crippen LogP contribution in [0, 0.1) is 0 Å². The molecule has 156 valence electrons. The molecule has 0 bridgehead atoms. The molecule has 0 aliphatic carbocycles. The molecule has 1 aliphatic heterocycles. The van der Waals surface area contributed by atoms with Crippen molar-refractivity contribution in [1.82, 2.24) is 15.5 Å². The summed E-state index contributed by atoms with van der Waals surface area (Å²) in [7, 11) is 1.52. The molecule has 1 atom stereocenters. The second-order valence-corrected chi connectivity index (χ2v) is 7.60. The van der Waals surface area contributed by atoms with Crippen molar-refractivity contribution in [2.75, 3.05) is 19.0 Å². The van der Waals surface area contributed by atoms with Gasteiger partial charge in [-0.3, -0.25) is 19.8 Å². The standard InChI is InChI=1S/C20H19BrN4O5/c1-20(12-4-3-5-13(21)10-12)17(27)25(19(29)24-20)11-16(26)23-18(28)22-14-6-8-15(30-2)9-7-14/h3-10H,11H2,1-2H3,(H,24,29)(H2,22,23,26,28). The van der Waals surface area contributed by atoms with Crippen LogP contribution in [0.5, 0.6) is 5.75 Å². The van der Waals surface area contributed by atoms with Crippen LogP contribution in [0.2, 0.25) is 0 Å². The number of nitrogens with one attached hydrogen (secondary N) is 3. The zero-order chi connectivity index (χ0) is 21.9. The van der Waals surface area contributed by atoms with Crippen LogP contribution in [-0.4, -0.2) is 42.4 Å². The van der Waals surface area contributed by atoms with Crippen LogP contribution in [0.3, 0.4) is 0 Å². The smallest absolute Gasteiger partial charge is 0.325 e. The lowest BCUT2D eigenvalue weighted by Crippen LogP contribution is -2.45. The van der Waals surface area contributed by atoms with Crippen LogP contribution in [0.4, 0.5) is 15.3 Å². The number of carbonyl (C=O) groups excluding carboxylic acids is 4. The van der Waals surface area contributed by atoms with Crippen molar-refractivity contribution in [3.05, 3.63) is 58.6 Å². The van der Waals surface area contributed by atoms with Gasteiger partial charge < -0.3 is 15.4 Å². The largest absolute Gasteiger partial charge is 0.497 e. The Kier molecular flexibility index (Phi) is 6.06. The highest BCUT2D eigenvalue weighted by atomic mass is 79.9. The predicted octanol–water partition coefficient (Wildman–Crippen LogP) is 2.57. The quantitative estimate of drug-likeness (QED) is 0.575. The fraction of sp³-hybridized carbons (Fsp3) is 0.200. The molecule has 0 spiro atoms. The molecule has 3 N–H and O–H groups in total. The Hall–Kier alpha value is -3.40. The van der Waals surface area contributed by atoms with Gasteiger partial charge in [-0.05, 0) is 48.9 Å². The molecule has 0 radical (unpaired) electrons. The average Bonchev–Trinajstić information content (AvgIpc) is 2.92. The molecule has 2 aromatic carbocycles. The number of rotatable bonds is 5. The first kappa shape index (κ1) is 21.3. The van der Waals surface area contributed by atoms with Crippen molar-refractivity contribution in [2.45, 2.75) is 12.5 Å². The topological polar surface area (TPSA) is 117 Å². The van der Waals surface area contributed by atoms with Crippen LogP contribution in [0.15, 0.2) is 53.0 Å². The molecule has 1 fully saturated rings. The first-order chi connectivity index (χ1) is 14.2. The van der Waals surface area contributed by atoms with Crippen molar-refractivity contribution in [3.8, 4) is 5.75 Å². The number of imide groups is 2. The van der Waals surface area contributed by atoms with E-state index >= 15 is 0 Å². The Bertz CT molecular complexity index is 1010. The van der Waals surface area contributed by atoms with E-state index < -0.39 is 36.0 Å². The maximum absolute atomic E-state index is 12.9. The fourth-order valence-corrected chi connectivity index (χ4v) is 3.38. The van der Waals surface area contributed by atoms with E-state index in [2.05, 4.69) is 31.9 Å². The maximum atomic E-state index is 12.9. The van der Waals surface area contributed by atoms with E-state index in [4.69, 9.17) is 4.74 Å². The summed E-state index contributed by atoms with van der Waals surface area (Å²) in [6.45, 7) is 0.966. The second-order valence-electron chi connectivity index (χ2n) is 6.69. The third-order valence-corrected chi connectivity index (χ3v) is 5.07. The van der Waals surface area contributed by atoms with Crippen LogP contribution >= 0.6 is 15.9 Å². The normalized spacial score (nSPS) is 18.0. The van der Waals surface area contributed by atoms with Crippen molar-refractivity contribution < 1.29 is 23.9 Å². The number of urea groups is 2. The Morgan fingerprint density at radius 2 is 1.87 bits per heavy atom. The number of nitrogens with zero attached hydrogens (tertiary/aromatic N) is 1. The first-order valence-corrected chi connectivity index (χ1v) is 9.67. The Balaban J connectivity index is 1.62. The van der Waals surface area contributed by atoms with Gasteiger partial charge in [-0.1, -0.05) is 28.1 Å². The lowest BCUT2D eigenvalue weighted by atomic mass is 9.92. The molecule has 9 nitrogen and oxygen atoms in total. The zero-order valence-electron chi connectivity index (χ0n) is 16.2. The summed E-state index contributed by atoms with van der Waals surface area (Å²) in [5, 5.41) is 7.19. The minimum Gasteiger partial charge on any atom is -0.497 e. The SMILES string of the molecule is COc1ccc(NC(=O)NC(=O)CN2C(=O)NC(C)(c3cccc(Br)c3)C2=O)cc1. The van der Waals surface area contributed by atoms with Crippen molar-refractivity contribution in [3.63, 3.8) is 0 Å². The number of amides is 6. The molecule has 6 amide bonds. The number of benzene rings is 2. The van der Waals surface area contributed by atoms with E-state index in [0.29, 0.717) is 17.0 Å². The molecule has 1 heterocycles. The van der Waals surface area contributed by atoms with Crippen LogP contribution in [-0.2, 0) is 15.1 Å². The van der Waals surface area contributed by atoms with E-state index in [1.807, 2.05) is 0 Å². The molecule has 0 saturated carbocycles. The van der Waals surface area contributed by atoms with Gasteiger partial charge in [-0.25, -0.2) is 9.59 Å². The molecule has 1 saturated heterocycles. The van der Waals surface area contributed by atoms with Gasteiger partial charge in [-0.15, -0.1) is 0 Å².